The molecule has 126 valence electrons. The van der Waals surface area contributed by atoms with Crippen molar-refractivity contribution in [2.75, 3.05) is 31.6 Å². The third kappa shape index (κ3) is 5.11. The largest absolute Gasteiger partial charge is 0.357 e. The van der Waals surface area contributed by atoms with Crippen LogP contribution in [0.4, 0.5) is 5.82 Å². The van der Waals surface area contributed by atoms with Crippen LogP contribution in [0.3, 0.4) is 0 Å². The second-order valence-corrected chi connectivity index (χ2v) is 6.35. The first-order valence-corrected chi connectivity index (χ1v) is 8.24. The van der Waals surface area contributed by atoms with E-state index in [-0.39, 0.29) is 12.4 Å². The predicted octanol–water partition coefficient (Wildman–Crippen LogP) is 2.92. The average molecular weight is 327 g/mol. The Hall–Kier alpha value is -0.840. The highest BCUT2D eigenvalue weighted by Gasteiger charge is 2.21. The van der Waals surface area contributed by atoms with E-state index >= 15 is 0 Å². The van der Waals surface area contributed by atoms with Gasteiger partial charge in [0.1, 0.15) is 5.82 Å². The Morgan fingerprint density at radius 3 is 2.77 bits per heavy atom. The molecule has 5 heteroatoms. The molecule has 1 aromatic rings. The summed E-state index contributed by atoms with van der Waals surface area (Å²) in [5.41, 5.74) is 1.32. The van der Waals surface area contributed by atoms with Crippen LogP contribution in [0, 0.1) is 0 Å². The number of hydrogen-bond acceptors (Lipinski definition) is 4. The van der Waals surface area contributed by atoms with Gasteiger partial charge in [-0.25, -0.2) is 4.98 Å². The number of nitrogens with zero attached hydrogens (tertiary/aromatic N) is 3. The molecule has 0 aliphatic carbocycles. The van der Waals surface area contributed by atoms with Crippen LogP contribution < -0.4 is 10.2 Å². The minimum absolute atomic E-state index is 0. The minimum Gasteiger partial charge on any atom is -0.357 e. The molecule has 1 saturated heterocycles. The summed E-state index contributed by atoms with van der Waals surface area (Å²) in [6, 6.07) is 5.52. The molecular weight excluding hydrogens is 296 g/mol. The number of aromatic nitrogens is 1. The fourth-order valence-corrected chi connectivity index (χ4v) is 2.85. The molecule has 0 radical (unpaired) electrons. The lowest BCUT2D eigenvalue weighted by atomic mass is 10.1. The van der Waals surface area contributed by atoms with Crippen molar-refractivity contribution in [2.45, 2.75) is 52.2 Å². The van der Waals surface area contributed by atoms with Crippen LogP contribution in [0.2, 0.25) is 0 Å². The number of halogens is 1. The molecule has 1 unspecified atom stereocenters. The summed E-state index contributed by atoms with van der Waals surface area (Å²) >= 11 is 0. The summed E-state index contributed by atoms with van der Waals surface area (Å²) in [5.74, 6) is 1.05. The maximum Gasteiger partial charge on any atom is 0.128 e. The molecule has 0 aromatic carbocycles. The van der Waals surface area contributed by atoms with Gasteiger partial charge in [-0.3, -0.25) is 4.90 Å². The van der Waals surface area contributed by atoms with Crippen LogP contribution in [0.1, 0.15) is 39.2 Å². The fraction of sp³-hybridized carbons (Fsp3) is 0.706. The summed E-state index contributed by atoms with van der Waals surface area (Å²) in [7, 11) is 2.10. The molecule has 1 aromatic heterocycles. The first-order valence-electron chi connectivity index (χ1n) is 8.24. The van der Waals surface area contributed by atoms with Gasteiger partial charge < -0.3 is 10.2 Å². The van der Waals surface area contributed by atoms with Crippen LogP contribution >= 0.6 is 12.4 Å². The number of anilines is 1. The van der Waals surface area contributed by atoms with Crippen molar-refractivity contribution >= 4 is 18.2 Å². The Balaban J connectivity index is 0.00000242. The van der Waals surface area contributed by atoms with Gasteiger partial charge in [0.05, 0.1) is 0 Å². The molecule has 2 rings (SSSR count). The molecule has 2 heterocycles. The molecule has 1 atom stereocenters. The van der Waals surface area contributed by atoms with E-state index < -0.39 is 0 Å². The Bertz CT molecular complexity index is 419. The van der Waals surface area contributed by atoms with Crippen LogP contribution in [0.25, 0.3) is 0 Å². The van der Waals surface area contributed by atoms with Gasteiger partial charge in [0, 0.05) is 51.5 Å². The number of rotatable bonds is 6. The van der Waals surface area contributed by atoms with Crippen molar-refractivity contribution in [3.63, 3.8) is 0 Å². The molecule has 1 aliphatic heterocycles. The molecule has 0 bridgehead atoms. The van der Waals surface area contributed by atoms with E-state index in [4.69, 9.17) is 0 Å². The quantitative estimate of drug-likeness (QED) is 0.871. The van der Waals surface area contributed by atoms with E-state index in [0.29, 0.717) is 12.1 Å². The highest BCUT2D eigenvalue weighted by molar-refractivity contribution is 5.85. The topological polar surface area (TPSA) is 31.4 Å². The van der Waals surface area contributed by atoms with Crippen molar-refractivity contribution in [1.82, 2.24) is 15.2 Å². The minimum atomic E-state index is 0. The standard InChI is InChI=1S/C17H30N4.ClH/c1-5-6-16-12-18-9-10-21(16)13-15-7-8-17(19-11-15)20(4)14(2)3;/h7-8,11,14,16,18H,5-6,9-10,12-13H2,1-4H3;1H. The van der Waals surface area contributed by atoms with Crippen molar-refractivity contribution < 1.29 is 0 Å². The second kappa shape index (κ2) is 9.33. The zero-order chi connectivity index (χ0) is 15.2. The van der Waals surface area contributed by atoms with Gasteiger partial charge in [-0.15, -0.1) is 12.4 Å². The van der Waals surface area contributed by atoms with Gasteiger partial charge in [0.2, 0.25) is 0 Å². The monoisotopic (exact) mass is 326 g/mol. The number of pyridine rings is 1. The van der Waals surface area contributed by atoms with E-state index in [1.165, 1.54) is 18.4 Å². The Kier molecular flexibility index (Phi) is 8.15. The number of piperazine rings is 1. The summed E-state index contributed by atoms with van der Waals surface area (Å²) in [6.45, 7) is 11.0. The van der Waals surface area contributed by atoms with Crippen LogP contribution in [-0.4, -0.2) is 48.6 Å². The lowest BCUT2D eigenvalue weighted by molar-refractivity contribution is 0.144. The molecule has 4 nitrogen and oxygen atoms in total. The first kappa shape index (κ1) is 19.2. The van der Waals surface area contributed by atoms with E-state index in [1.807, 2.05) is 6.20 Å². The normalized spacial score (nSPS) is 19.0. The smallest absolute Gasteiger partial charge is 0.128 e. The highest BCUT2D eigenvalue weighted by Crippen LogP contribution is 2.16. The molecule has 1 N–H and O–H groups in total. The molecule has 0 spiro atoms. The second-order valence-electron chi connectivity index (χ2n) is 6.35. The third-order valence-electron chi connectivity index (χ3n) is 4.42. The van der Waals surface area contributed by atoms with Gasteiger partial charge in [0.25, 0.3) is 0 Å². The van der Waals surface area contributed by atoms with Gasteiger partial charge in [-0.1, -0.05) is 19.4 Å². The average Bonchev–Trinajstić information content (AvgIpc) is 2.49. The zero-order valence-electron chi connectivity index (χ0n) is 14.4. The predicted molar refractivity (Wildman–Crippen MR) is 97.0 cm³/mol. The molecule has 1 fully saturated rings. The maximum absolute atomic E-state index is 4.62. The van der Waals surface area contributed by atoms with Crippen molar-refractivity contribution in [2.24, 2.45) is 0 Å². The number of nitrogens with one attached hydrogen (secondary N) is 1. The summed E-state index contributed by atoms with van der Waals surface area (Å²) in [4.78, 5) is 9.42. The van der Waals surface area contributed by atoms with Gasteiger partial charge >= 0.3 is 0 Å². The summed E-state index contributed by atoms with van der Waals surface area (Å²) < 4.78 is 0. The molecule has 22 heavy (non-hydrogen) atoms. The van der Waals surface area contributed by atoms with Gasteiger partial charge in [0.15, 0.2) is 0 Å². The van der Waals surface area contributed by atoms with E-state index in [1.54, 1.807) is 0 Å². The van der Waals surface area contributed by atoms with E-state index in [9.17, 15) is 0 Å². The Labute approximate surface area is 141 Å². The molecule has 0 saturated carbocycles. The van der Waals surface area contributed by atoms with E-state index in [2.05, 4.69) is 60.1 Å². The maximum atomic E-state index is 4.62. The SMILES string of the molecule is CCCC1CNCCN1Cc1ccc(N(C)C(C)C)nc1.Cl. The fourth-order valence-electron chi connectivity index (χ4n) is 2.85. The van der Waals surface area contributed by atoms with Crippen molar-refractivity contribution in [1.29, 1.82) is 0 Å². The van der Waals surface area contributed by atoms with Crippen LogP contribution in [0.15, 0.2) is 18.3 Å². The molecular formula is C17H31ClN4. The van der Waals surface area contributed by atoms with Crippen molar-refractivity contribution in [3.05, 3.63) is 23.9 Å². The zero-order valence-corrected chi connectivity index (χ0v) is 15.2. The highest BCUT2D eigenvalue weighted by atomic mass is 35.5. The van der Waals surface area contributed by atoms with E-state index in [0.717, 1.165) is 32.0 Å². The first-order chi connectivity index (χ1) is 10.1. The lowest BCUT2D eigenvalue weighted by Gasteiger charge is -2.36. The van der Waals surface area contributed by atoms with Crippen LogP contribution in [0.5, 0.6) is 0 Å². The summed E-state index contributed by atoms with van der Waals surface area (Å²) in [6.07, 6.45) is 4.56. The Morgan fingerprint density at radius 1 is 1.41 bits per heavy atom. The van der Waals surface area contributed by atoms with Gasteiger partial charge in [-0.05, 0) is 31.9 Å². The van der Waals surface area contributed by atoms with Gasteiger partial charge in [-0.2, -0.15) is 0 Å². The number of hydrogen-bond donors (Lipinski definition) is 1. The molecule has 0 amide bonds. The summed E-state index contributed by atoms with van der Waals surface area (Å²) in [5, 5.41) is 3.51. The third-order valence-corrected chi connectivity index (χ3v) is 4.42. The van der Waals surface area contributed by atoms with Crippen LogP contribution in [-0.2, 0) is 6.54 Å². The lowest BCUT2D eigenvalue weighted by Crippen LogP contribution is -2.50. The molecule has 1 aliphatic rings. The van der Waals surface area contributed by atoms with Crippen molar-refractivity contribution in [3.8, 4) is 0 Å². The Morgan fingerprint density at radius 2 is 2.18 bits per heavy atom.